The first-order valence-corrected chi connectivity index (χ1v) is 7.35. The zero-order chi connectivity index (χ0) is 17.5. The van der Waals surface area contributed by atoms with Crippen LogP contribution in [0.15, 0.2) is 24.3 Å². The number of hydrogen-bond donors (Lipinski definition) is 2. The van der Waals surface area contributed by atoms with Crippen LogP contribution in [0.2, 0.25) is 0 Å². The third kappa shape index (κ3) is 4.48. The molecule has 0 spiro atoms. The summed E-state index contributed by atoms with van der Waals surface area (Å²) < 4.78 is 15.8. The summed E-state index contributed by atoms with van der Waals surface area (Å²) >= 11 is 0. The molecule has 0 atom stereocenters. The summed E-state index contributed by atoms with van der Waals surface area (Å²) in [5, 5.41) is 0. The number of ether oxygens (including phenoxy) is 3. The molecule has 0 aliphatic heterocycles. The molecule has 0 radical (unpaired) electrons. The fourth-order valence-electron chi connectivity index (χ4n) is 2.04. The van der Waals surface area contributed by atoms with Crippen molar-refractivity contribution in [1.82, 2.24) is 9.97 Å². The summed E-state index contributed by atoms with van der Waals surface area (Å²) in [5.41, 5.74) is 12.3. The summed E-state index contributed by atoms with van der Waals surface area (Å²) in [4.78, 5) is 19.3. The number of nitrogens with two attached hydrogens (primary N) is 2. The number of carbonyl (C=O) groups excluding carboxylic acids is 1. The Morgan fingerprint density at radius 3 is 2.62 bits per heavy atom. The quantitative estimate of drug-likeness (QED) is 0.579. The Morgan fingerprint density at radius 2 is 1.92 bits per heavy atom. The van der Waals surface area contributed by atoms with Crippen LogP contribution in [0.1, 0.15) is 22.5 Å². The van der Waals surface area contributed by atoms with Gasteiger partial charge >= 0.3 is 5.97 Å². The van der Waals surface area contributed by atoms with Gasteiger partial charge in [0, 0.05) is 6.42 Å². The van der Waals surface area contributed by atoms with Crippen molar-refractivity contribution < 1.29 is 19.0 Å². The molecule has 24 heavy (non-hydrogen) atoms. The first-order chi connectivity index (χ1) is 11.5. The van der Waals surface area contributed by atoms with Crippen LogP contribution in [0.25, 0.3) is 0 Å². The van der Waals surface area contributed by atoms with Crippen molar-refractivity contribution in [2.75, 3.05) is 31.8 Å². The summed E-state index contributed by atoms with van der Waals surface area (Å²) in [6, 6.07) is 6.79. The predicted octanol–water partition coefficient (Wildman–Crippen LogP) is 1.58. The Morgan fingerprint density at radius 1 is 1.17 bits per heavy atom. The Kier molecular flexibility index (Phi) is 5.78. The van der Waals surface area contributed by atoms with Crippen molar-refractivity contribution in [3.63, 3.8) is 0 Å². The molecule has 2 aromatic rings. The number of benzene rings is 1. The second-order valence-corrected chi connectivity index (χ2v) is 4.95. The van der Waals surface area contributed by atoms with Gasteiger partial charge in [-0.05, 0) is 25.1 Å². The molecular weight excluding hydrogens is 312 g/mol. The van der Waals surface area contributed by atoms with Crippen LogP contribution in [-0.4, -0.2) is 36.3 Å². The number of methoxy groups -OCH3 is 1. The Hall–Kier alpha value is -3.03. The van der Waals surface area contributed by atoms with Crippen LogP contribution in [0.3, 0.4) is 0 Å². The summed E-state index contributed by atoms with van der Waals surface area (Å²) in [6.45, 7) is 2.55. The highest BCUT2D eigenvalue weighted by atomic mass is 16.5. The molecule has 1 aromatic heterocycles. The van der Waals surface area contributed by atoms with Gasteiger partial charge in [-0.2, -0.15) is 4.98 Å². The van der Waals surface area contributed by atoms with Gasteiger partial charge in [-0.15, -0.1) is 0 Å². The maximum Gasteiger partial charge on any atom is 0.337 e. The van der Waals surface area contributed by atoms with Crippen molar-refractivity contribution in [2.45, 2.75) is 13.3 Å². The number of esters is 1. The lowest BCUT2D eigenvalue weighted by molar-refractivity contribution is 0.0600. The van der Waals surface area contributed by atoms with E-state index in [0.717, 1.165) is 0 Å². The van der Waals surface area contributed by atoms with E-state index in [-0.39, 0.29) is 11.8 Å². The number of nitrogen functional groups attached to an aromatic ring is 2. The number of hydrogen-bond acceptors (Lipinski definition) is 8. The molecule has 0 saturated heterocycles. The van der Waals surface area contributed by atoms with Crippen LogP contribution in [0.5, 0.6) is 11.5 Å². The third-order valence-corrected chi connectivity index (χ3v) is 3.14. The lowest BCUT2D eigenvalue weighted by Crippen LogP contribution is -2.10. The van der Waals surface area contributed by atoms with E-state index in [9.17, 15) is 4.79 Å². The van der Waals surface area contributed by atoms with Crippen LogP contribution >= 0.6 is 0 Å². The van der Waals surface area contributed by atoms with E-state index in [0.29, 0.717) is 42.4 Å². The Balaban J connectivity index is 1.81. The van der Waals surface area contributed by atoms with Crippen LogP contribution < -0.4 is 20.9 Å². The maximum absolute atomic E-state index is 11.5. The van der Waals surface area contributed by atoms with E-state index in [1.54, 1.807) is 31.2 Å². The molecule has 8 heteroatoms. The second-order valence-electron chi connectivity index (χ2n) is 4.95. The summed E-state index contributed by atoms with van der Waals surface area (Å²) in [6.07, 6.45) is 0.617. The van der Waals surface area contributed by atoms with Crippen molar-refractivity contribution >= 4 is 17.7 Å². The first-order valence-electron chi connectivity index (χ1n) is 7.35. The summed E-state index contributed by atoms with van der Waals surface area (Å²) in [5.74, 6) is 0.942. The summed E-state index contributed by atoms with van der Waals surface area (Å²) in [7, 11) is 1.34. The molecule has 0 saturated carbocycles. The van der Waals surface area contributed by atoms with Gasteiger partial charge in [-0.1, -0.05) is 6.07 Å². The van der Waals surface area contributed by atoms with Crippen LogP contribution in [0, 0.1) is 6.92 Å². The molecule has 1 heterocycles. The number of carbonyl (C=O) groups is 1. The minimum Gasteiger partial charge on any atom is -0.493 e. The van der Waals surface area contributed by atoms with Gasteiger partial charge in [-0.25, -0.2) is 9.78 Å². The molecule has 0 fully saturated rings. The monoisotopic (exact) mass is 332 g/mol. The fourth-order valence-corrected chi connectivity index (χ4v) is 2.04. The minimum atomic E-state index is -0.405. The molecule has 1 aromatic carbocycles. The molecule has 0 aliphatic rings. The van der Waals surface area contributed by atoms with Crippen molar-refractivity contribution in [2.24, 2.45) is 0 Å². The van der Waals surface area contributed by atoms with Crippen molar-refractivity contribution in [3.8, 4) is 11.5 Å². The van der Waals surface area contributed by atoms with Gasteiger partial charge in [0.2, 0.25) is 5.95 Å². The molecule has 8 nitrogen and oxygen atoms in total. The molecular formula is C16H20N4O4. The molecule has 0 bridgehead atoms. The normalized spacial score (nSPS) is 10.2. The average Bonchev–Trinajstić information content (AvgIpc) is 2.56. The standard InChI is InChI=1S/C16H20N4O4/c1-10-13(14(17)20-16(18)19-10)24-8-4-7-23-12-6-3-5-11(9-12)15(21)22-2/h3,5-6,9H,4,7-8H2,1-2H3,(H4,17,18,19,20). The van der Waals surface area contributed by atoms with Gasteiger partial charge in [0.25, 0.3) is 0 Å². The molecule has 2 rings (SSSR count). The average molecular weight is 332 g/mol. The smallest absolute Gasteiger partial charge is 0.337 e. The molecule has 0 amide bonds. The van der Waals surface area contributed by atoms with E-state index in [4.69, 9.17) is 20.9 Å². The van der Waals surface area contributed by atoms with Crippen LogP contribution in [0.4, 0.5) is 11.8 Å². The van der Waals surface area contributed by atoms with E-state index in [2.05, 4.69) is 14.7 Å². The van der Waals surface area contributed by atoms with E-state index in [1.807, 2.05) is 0 Å². The number of rotatable bonds is 7. The number of anilines is 2. The molecule has 4 N–H and O–H groups in total. The van der Waals surface area contributed by atoms with Crippen molar-refractivity contribution in [3.05, 3.63) is 35.5 Å². The fraction of sp³-hybridized carbons (Fsp3) is 0.312. The second kappa shape index (κ2) is 8.00. The van der Waals surface area contributed by atoms with Crippen molar-refractivity contribution in [1.29, 1.82) is 0 Å². The SMILES string of the molecule is COC(=O)c1cccc(OCCCOc2c(C)nc(N)nc2N)c1. The number of nitrogens with zero attached hydrogens (tertiary/aromatic N) is 2. The largest absolute Gasteiger partial charge is 0.493 e. The van der Waals surface area contributed by atoms with Gasteiger partial charge in [-0.3, -0.25) is 0 Å². The lowest BCUT2D eigenvalue weighted by atomic mass is 10.2. The van der Waals surface area contributed by atoms with Gasteiger partial charge in [0.1, 0.15) is 5.75 Å². The van der Waals surface area contributed by atoms with Crippen LogP contribution in [-0.2, 0) is 4.74 Å². The van der Waals surface area contributed by atoms with E-state index >= 15 is 0 Å². The molecule has 0 aliphatic carbocycles. The first kappa shape index (κ1) is 17.3. The highest BCUT2D eigenvalue weighted by Gasteiger charge is 2.09. The minimum absolute atomic E-state index is 0.117. The lowest BCUT2D eigenvalue weighted by Gasteiger charge is -2.11. The number of aromatic nitrogens is 2. The predicted molar refractivity (Wildman–Crippen MR) is 89.0 cm³/mol. The van der Waals surface area contributed by atoms with Gasteiger partial charge in [0.05, 0.1) is 31.6 Å². The molecule has 0 unspecified atom stereocenters. The van der Waals surface area contributed by atoms with Gasteiger partial charge in [0.15, 0.2) is 11.6 Å². The highest BCUT2D eigenvalue weighted by Crippen LogP contribution is 2.23. The van der Waals surface area contributed by atoms with E-state index in [1.165, 1.54) is 7.11 Å². The third-order valence-electron chi connectivity index (χ3n) is 3.14. The highest BCUT2D eigenvalue weighted by molar-refractivity contribution is 5.89. The molecule has 128 valence electrons. The zero-order valence-corrected chi connectivity index (χ0v) is 13.6. The number of aryl methyl sites for hydroxylation is 1. The van der Waals surface area contributed by atoms with Gasteiger partial charge < -0.3 is 25.7 Å². The zero-order valence-electron chi connectivity index (χ0n) is 13.6. The Labute approximate surface area is 139 Å². The topological polar surface area (TPSA) is 123 Å². The Bertz CT molecular complexity index is 698. The van der Waals surface area contributed by atoms with E-state index < -0.39 is 5.97 Å². The maximum atomic E-state index is 11.5.